The fraction of sp³-hybridized carbons (Fsp3) is 0.182. The van der Waals surface area contributed by atoms with Crippen LogP contribution in [0.4, 0.5) is 0 Å². The summed E-state index contributed by atoms with van der Waals surface area (Å²) in [6.45, 7) is 1.93. The number of benzene rings is 1. The predicted octanol–water partition coefficient (Wildman–Crippen LogP) is 2.95. The van der Waals surface area contributed by atoms with Gasteiger partial charge >= 0.3 is 0 Å². The van der Waals surface area contributed by atoms with Gasteiger partial charge in [0.2, 0.25) is 0 Å². The minimum atomic E-state index is 0.346. The topological polar surface area (TPSA) is 47.8 Å². The summed E-state index contributed by atoms with van der Waals surface area (Å²) in [6.07, 6.45) is 1.35. The monoisotopic (exact) mass is 269 g/mol. The van der Waals surface area contributed by atoms with Crippen LogP contribution in [-0.4, -0.2) is 21.3 Å². The molecule has 0 spiro atoms. The second-order valence-corrected chi connectivity index (χ2v) is 4.22. The quantitative estimate of drug-likeness (QED) is 0.805. The largest absolute Gasteiger partial charge is 0.296 e. The average Bonchev–Trinajstić information content (AvgIpc) is 2.75. The maximum absolute atomic E-state index is 10.8. The molecule has 88 valence electrons. The van der Waals surface area contributed by atoms with Gasteiger partial charge in [0, 0.05) is 0 Å². The summed E-state index contributed by atoms with van der Waals surface area (Å²) in [5.74, 6) is 0. The number of nitrogens with zero attached hydrogens (tertiary/aromatic N) is 3. The molecule has 2 aromatic rings. The Kier molecular flexibility index (Phi) is 3.45. The Hall–Kier alpha value is -1.39. The molecule has 0 saturated heterocycles. The number of hydrogen-bond acceptors (Lipinski definition) is 3. The van der Waals surface area contributed by atoms with Crippen molar-refractivity contribution >= 4 is 29.5 Å². The molecule has 6 heteroatoms. The Morgan fingerprint density at radius 3 is 2.71 bits per heavy atom. The number of hydrogen-bond donors (Lipinski definition) is 0. The van der Waals surface area contributed by atoms with Crippen molar-refractivity contribution in [2.45, 2.75) is 13.3 Å². The van der Waals surface area contributed by atoms with Gasteiger partial charge in [0.1, 0.15) is 5.69 Å². The minimum absolute atomic E-state index is 0.346. The molecular weight excluding hydrogens is 261 g/mol. The van der Waals surface area contributed by atoms with E-state index in [1.165, 1.54) is 0 Å². The van der Waals surface area contributed by atoms with Gasteiger partial charge in [0.05, 0.1) is 21.4 Å². The number of carbonyl (C=O) groups is 1. The molecule has 0 N–H and O–H groups in total. The molecule has 0 saturated carbocycles. The van der Waals surface area contributed by atoms with Gasteiger partial charge in [-0.2, -0.15) is 0 Å². The van der Waals surface area contributed by atoms with E-state index >= 15 is 0 Å². The molecule has 1 aromatic carbocycles. The third-order valence-corrected chi connectivity index (χ3v) is 3.13. The number of rotatable bonds is 3. The number of aromatic nitrogens is 3. The maximum atomic E-state index is 10.8. The van der Waals surface area contributed by atoms with E-state index in [9.17, 15) is 4.79 Å². The van der Waals surface area contributed by atoms with Gasteiger partial charge in [-0.05, 0) is 24.6 Å². The summed E-state index contributed by atoms with van der Waals surface area (Å²) in [5, 5.41) is 8.65. The van der Waals surface area contributed by atoms with Gasteiger partial charge in [-0.3, -0.25) is 4.79 Å². The van der Waals surface area contributed by atoms with Gasteiger partial charge in [-0.1, -0.05) is 35.3 Å². The molecule has 0 unspecified atom stereocenters. The second kappa shape index (κ2) is 4.85. The first-order chi connectivity index (χ1) is 8.17. The summed E-state index contributed by atoms with van der Waals surface area (Å²) in [7, 11) is 0. The SMILES string of the molecule is CCc1c(C=O)nnn1-c1ccc(Cl)c(Cl)c1. The Morgan fingerprint density at radius 2 is 2.12 bits per heavy atom. The lowest BCUT2D eigenvalue weighted by Gasteiger charge is -2.05. The van der Waals surface area contributed by atoms with E-state index in [1.54, 1.807) is 22.9 Å². The lowest BCUT2D eigenvalue weighted by Crippen LogP contribution is -2.02. The lowest BCUT2D eigenvalue weighted by atomic mass is 10.2. The van der Waals surface area contributed by atoms with Crippen molar-refractivity contribution in [3.05, 3.63) is 39.6 Å². The Morgan fingerprint density at radius 1 is 1.35 bits per heavy atom. The van der Waals surface area contributed by atoms with Crippen LogP contribution in [0, 0.1) is 0 Å². The molecule has 0 radical (unpaired) electrons. The smallest absolute Gasteiger partial charge is 0.172 e. The summed E-state index contributed by atoms with van der Waals surface area (Å²) in [5.41, 5.74) is 1.83. The molecule has 2 rings (SSSR count). The average molecular weight is 270 g/mol. The van der Waals surface area contributed by atoms with Crippen LogP contribution >= 0.6 is 23.2 Å². The zero-order chi connectivity index (χ0) is 12.4. The van der Waals surface area contributed by atoms with Crippen LogP contribution in [0.25, 0.3) is 5.69 Å². The second-order valence-electron chi connectivity index (χ2n) is 3.40. The molecule has 0 aliphatic rings. The third-order valence-electron chi connectivity index (χ3n) is 2.39. The Bertz CT molecular complexity index is 566. The zero-order valence-corrected chi connectivity index (χ0v) is 10.5. The van der Waals surface area contributed by atoms with E-state index in [-0.39, 0.29) is 0 Å². The summed E-state index contributed by atoms with van der Waals surface area (Å²) in [6, 6.07) is 5.14. The third kappa shape index (κ3) is 2.18. The van der Waals surface area contributed by atoms with Crippen LogP contribution in [-0.2, 0) is 6.42 Å². The Balaban J connectivity index is 2.56. The molecule has 0 bridgehead atoms. The molecule has 1 heterocycles. The normalized spacial score (nSPS) is 10.5. The lowest BCUT2D eigenvalue weighted by molar-refractivity contribution is 0.111. The van der Waals surface area contributed by atoms with Gasteiger partial charge in [0.15, 0.2) is 6.29 Å². The molecule has 0 aliphatic heterocycles. The van der Waals surface area contributed by atoms with Gasteiger partial charge < -0.3 is 0 Å². The van der Waals surface area contributed by atoms with E-state index in [2.05, 4.69) is 10.3 Å². The molecule has 0 fully saturated rings. The minimum Gasteiger partial charge on any atom is -0.296 e. The molecule has 1 aromatic heterocycles. The van der Waals surface area contributed by atoms with E-state index in [0.717, 1.165) is 11.4 Å². The standard InChI is InChI=1S/C11H9Cl2N3O/c1-2-11-10(6-17)14-15-16(11)7-3-4-8(12)9(13)5-7/h3-6H,2H2,1H3. The highest BCUT2D eigenvalue weighted by atomic mass is 35.5. The fourth-order valence-corrected chi connectivity index (χ4v) is 1.85. The summed E-state index contributed by atoms with van der Waals surface area (Å²) in [4.78, 5) is 10.8. The maximum Gasteiger partial charge on any atom is 0.172 e. The summed E-state index contributed by atoms with van der Waals surface area (Å²) < 4.78 is 1.59. The summed E-state index contributed by atoms with van der Waals surface area (Å²) >= 11 is 11.8. The van der Waals surface area contributed by atoms with Crippen molar-refractivity contribution in [2.75, 3.05) is 0 Å². The van der Waals surface area contributed by atoms with E-state index in [4.69, 9.17) is 23.2 Å². The van der Waals surface area contributed by atoms with Crippen LogP contribution < -0.4 is 0 Å². The van der Waals surface area contributed by atoms with Crippen molar-refractivity contribution < 1.29 is 4.79 Å². The highest BCUT2D eigenvalue weighted by Crippen LogP contribution is 2.25. The number of carbonyl (C=O) groups excluding carboxylic acids is 1. The first kappa shape index (κ1) is 12.1. The van der Waals surface area contributed by atoms with E-state index in [1.807, 2.05) is 6.92 Å². The van der Waals surface area contributed by atoms with Crippen LogP contribution in [0.5, 0.6) is 0 Å². The van der Waals surface area contributed by atoms with Crippen LogP contribution in [0.2, 0.25) is 10.0 Å². The fourth-order valence-electron chi connectivity index (χ4n) is 1.56. The van der Waals surface area contributed by atoms with Crippen molar-refractivity contribution in [3.63, 3.8) is 0 Å². The van der Waals surface area contributed by atoms with Gasteiger partial charge in [-0.15, -0.1) is 5.10 Å². The zero-order valence-electron chi connectivity index (χ0n) is 9.02. The molecule has 0 amide bonds. The first-order valence-corrected chi connectivity index (χ1v) is 5.78. The van der Waals surface area contributed by atoms with Crippen molar-refractivity contribution in [1.29, 1.82) is 0 Å². The predicted molar refractivity (Wildman–Crippen MR) is 66.1 cm³/mol. The van der Waals surface area contributed by atoms with Crippen LogP contribution in [0.1, 0.15) is 23.1 Å². The number of halogens is 2. The Labute approximate surface area is 108 Å². The van der Waals surface area contributed by atoms with E-state index < -0.39 is 0 Å². The molecular formula is C11H9Cl2N3O. The van der Waals surface area contributed by atoms with E-state index in [0.29, 0.717) is 28.4 Å². The number of aldehydes is 1. The van der Waals surface area contributed by atoms with Gasteiger partial charge in [-0.25, -0.2) is 4.68 Å². The highest BCUT2D eigenvalue weighted by Gasteiger charge is 2.12. The van der Waals surface area contributed by atoms with Crippen molar-refractivity contribution in [1.82, 2.24) is 15.0 Å². The molecule has 0 aliphatic carbocycles. The molecule has 0 atom stereocenters. The van der Waals surface area contributed by atoms with Crippen LogP contribution in [0.3, 0.4) is 0 Å². The van der Waals surface area contributed by atoms with Crippen LogP contribution in [0.15, 0.2) is 18.2 Å². The highest BCUT2D eigenvalue weighted by molar-refractivity contribution is 6.42. The first-order valence-electron chi connectivity index (χ1n) is 5.02. The molecule has 4 nitrogen and oxygen atoms in total. The van der Waals surface area contributed by atoms with Crippen molar-refractivity contribution in [3.8, 4) is 5.69 Å². The molecule has 17 heavy (non-hydrogen) atoms. The van der Waals surface area contributed by atoms with Gasteiger partial charge in [0.25, 0.3) is 0 Å². The van der Waals surface area contributed by atoms with Crippen molar-refractivity contribution in [2.24, 2.45) is 0 Å².